The number of ether oxygens (including phenoxy) is 1. The Labute approximate surface area is 165 Å². The number of rotatable bonds is 17. The first-order valence-electron chi connectivity index (χ1n) is 11.7. The van der Waals surface area contributed by atoms with Crippen LogP contribution in [0.4, 0.5) is 0 Å². The van der Waals surface area contributed by atoms with Crippen LogP contribution in [0.2, 0.25) is 0 Å². The average Bonchev–Trinajstić information content (AvgIpc) is 2.92. The van der Waals surface area contributed by atoms with Crippen LogP contribution in [0.15, 0.2) is 0 Å². The summed E-state index contributed by atoms with van der Waals surface area (Å²) in [5, 5.41) is 9.30. The lowest BCUT2D eigenvalue weighted by Crippen LogP contribution is -2.21. The van der Waals surface area contributed by atoms with Crippen LogP contribution >= 0.6 is 0 Å². The van der Waals surface area contributed by atoms with E-state index in [0.29, 0.717) is 11.8 Å². The van der Waals surface area contributed by atoms with Crippen molar-refractivity contribution in [1.82, 2.24) is 0 Å². The van der Waals surface area contributed by atoms with Crippen LogP contribution in [0.5, 0.6) is 0 Å². The Morgan fingerprint density at radius 2 is 1.15 bits per heavy atom. The van der Waals surface area contributed by atoms with E-state index in [2.05, 4.69) is 13.8 Å². The van der Waals surface area contributed by atoms with E-state index < -0.39 is 0 Å². The van der Waals surface area contributed by atoms with Crippen molar-refractivity contribution in [1.29, 1.82) is 0 Å². The smallest absolute Gasteiger partial charge is 0.109 e. The van der Waals surface area contributed by atoms with Gasteiger partial charge in [0.2, 0.25) is 0 Å². The highest BCUT2D eigenvalue weighted by molar-refractivity contribution is 6.11. The van der Waals surface area contributed by atoms with E-state index in [-0.39, 0.29) is 18.7 Å². The highest BCUT2D eigenvalue weighted by Crippen LogP contribution is 2.34. The van der Waals surface area contributed by atoms with Crippen molar-refractivity contribution >= 4 is 7.85 Å². The molecule has 4 atom stereocenters. The average molecular weight is 364 g/mol. The van der Waals surface area contributed by atoms with Gasteiger partial charge < -0.3 is 9.84 Å². The molecule has 3 heteroatoms. The van der Waals surface area contributed by atoms with E-state index in [4.69, 9.17) is 12.6 Å². The van der Waals surface area contributed by atoms with Crippen molar-refractivity contribution < 1.29 is 9.84 Å². The molecule has 0 bridgehead atoms. The summed E-state index contributed by atoms with van der Waals surface area (Å²) in [7, 11) is 6.06. The molecule has 0 spiro atoms. The Morgan fingerprint density at radius 3 is 1.54 bits per heavy atom. The molecule has 0 aromatic carbocycles. The second-order valence-electron chi connectivity index (χ2n) is 8.58. The van der Waals surface area contributed by atoms with Gasteiger partial charge in [-0.1, -0.05) is 110 Å². The molecule has 0 aromatic heterocycles. The number of unbranched alkanes of at least 4 members (excludes halogenated alkanes) is 14. The quantitative estimate of drug-likeness (QED) is 0.239. The molecular formula is C23H45BO2. The predicted octanol–water partition coefficient (Wildman–Crippen LogP) is 6.39. The Balaban J connectivity index is 1.81. The SMILES string of the molecule is [B]C1OC(CO)C(C)C1CCCCCCCCCCCCCCCCC. The zero-order valence-corrected chi connectivity index (χ0v) is 17.8. The van der Waals surface area contributed by atoms with Crippen molar-refractivity contribution in [2.75, 3.05) is 6.61 Å². The van der Waals surface area contributed by atoms with Gasteiger partial charge in [0, 0.05) is 6.00 Å². The van der Waals surface area contributed by atoms with Crippen molar-refractivity contribution in [2.45, 2.75) is 129 Å². The summed E-state index contributed by atoms with van der Waals surface area (Å²) < 4.78 is 5.64. The van der Waals surface area contributed by atoms with Gasteiger partial charge in [-0.2, -0.15) is 0 Å². The van der Waals surface area contributed by atoms with E-state index in [1.54, 1.807) is 0 Å². The van der Waals surface area contributed by atoms with Crippen molar-refractivity contribution in [2.24, 2.45) is 11.8 Å². The summed E-state index contributed by atoms with van der Waals surface area (Å²) in [5.74, 6) is 0.816. The maximum absolute atomic E-state index is 9.30. The molecule has 2 nitrogen and oxygen atoms in total. The molecule has 1 N–H and O–H groups in total. The van der Waals surface area contributed by atoms with Crippen LogP contribution in [0.1, 0.15) is 117 Å². The van der Waals surface area contributed by atoms with Crippen molar-refractivity contribution in [3.8, 4) is 0 Å². The fourth-order valence-corrected chi connectivity index (χ4v) is 4.39. The fourth-order valence-electron chi connectivity index (χ4n) is 4.39. The van der Waals surface area contributed by atoms with Crippen LogP contribution in [0.3, 0.4) is 0 Å². The van der Waals surface area contributed by atoms with Crippen LogP contribution in [-0.4, -0.2) is 31.7 Å². The second kappa shape index (κ2) is 16.0. The summed E-state index contributed by atoms with van der Waals surface area (Å²) in [4.78, 5) is 0. The van der Waals surface area contributed by atoms with Gasteiger partial charge in [0.15, 0.2) is 0 Å². The minimum Gasteiger partial charge on any atom is -0.394 e. The highest BCUT2D eigenvalue weighted by atomic mass is 16.5. The number of hydrogen-bond acceptors (Lipinski definition) is 2. The van der Waals surface area contributed by atoms with Gasteiger partial charge in [0.25, 0.3) is 0 Å². The minimum atomic E-state index is -0.172. The van der Waals surface area contributed by atoms with E-state index in [0.717, 1.165) is 6.42 Å². The first-order valence-corrected chi connectivity index (χ1v) is 11.7. The molecule has 1 heterocycles. The molecule has 1 saturated heterocycles. The van der Waals surface area contributed by atoms with Gasteiger partial charge in [-0.05, 0) is 18.3 Å². The summed E-state index contributed by atoms with van der Waals surface area (Å²) >= 11 is 0. The monoisotopic (exact) mass is 364 g/mol. The van der Waals surface area contributed by atoms with Gasteiger partial charge in [0.05, 0.1) is 12.7 Å². The van der Waals surface area contributed by atoms with E-state index >= 15 is 0 Å². The molecule has 0 amide bonds. The molecule has 0 aliphatic carbocycles. The molecule has 0 aromatic rings. The Kier molecular flexibility index (Phi) is 14.8. The van der Waals surface area contributed by atoms with Gasteiger partial charge >= 0.3 is 0 Å². The van der Waals surface area contributed by atoms with Crippen molar-refractivity contribution in [3.05, 3.63) is 0 Å². The Bertz CT molecular complexity index is 311. The van der Waals surface area contributed by atoms with Crippen molar-refractivity contribution in [3.63, 3.8) is 0 Å². The van der Waals surface area contributed by atoms with Gasteiger partial charge in [-0.25, -0.2) is 0 Å². The Hall–Kier alpha value is -0.0151. The molecule has 1 rings (SSSR count). The van der Waals surface area contributed by atoms with E-state index in [1.165, 1.54) is 96.3 Å². The molecule has 152 valence electrons. The normalized spacial score (nSPS) is 25.8. The molecule has 26 heavy (non-hydrogen) atoms. The maximum atomic E-state index is 9.30. The van der Waals surface area contributed by atoms with E-state index in [1.807, 2.05) is 0 Å². The van der Waals surface area contributed by atoms with Crippen LogP contribution in [0.25, 0.3) is 0 Å². The first kappa shape index (κ1) is 24.0. The topological polar surface area (TPSA) is 29.5 Å². The third kappa shape index (κ3) is 10.4. The lowest BCUT2D eigenvalue weighted by atomic mass is 9.77. The lowest BCUT2D eigenvalue weighted by molar-refractivity contribution is 0.0283. The third-order valence-electron chi connectivity index (χ3n) is 6.34. The summed E-state index contributed by atoms with van der Waals surface area (Å²) in [6.45, 7) is 4.56. The Morgan fingerprint density at radius 1 is 0.731 bits per heavy atom. The molecule has 1 aliphatic rings. The standard InChI is InChI=1S/C23H45BO2/c1-3-4-5-6-7-8-9-10-11-12-13-14-15-16-17-18-21-20(2)22(19-25)26-23(21)24/h20-23,25H,3-19H2,1-2H3. The largest absolute Gasteiger partial charge is 0.394 e. The van der Waals surface area contributed by atoms with E-state index in [9.17, 15) is 5.11 Å². The molecule has 1 aliphatic heterocycles. The molecule has 0 saturated carbocycles. The fraction of sp³-hybridized carbons (Fsp3) is 1.00. The molecule has 4 unspecified atom stereocenters. The van der Waals surface area contributed by atoms with Gasteiger partial charge in [-0.15, -0.1) is 0 Å². The second-order valence-corrected chi connectivity index (χ2v) is 8.58. The minimum absolute atomic E-state index is 0.0497. The summed E-state index contributed by atoms with van der Waals surface area (Å²) in [6.07, 6.45) is 22.1. The van der Waals surface area contributed by atoms with Crippen LogP contribution < -0.4 is 0 Å². The number of aliphatic hydroxyl groups excluding tert-OH is 1. The lowest BCUT2D eigenvalue weighted by Gasteiger charge is -2.18. The van der Waals surface area contributed by atoms with Crippen LogP contribution in [0, 0.1) is 11.8 Å². The number of aliphatic hydroxyl groups is 1. The highest BCUT2D eigenvalue weighted by Gasteiger charge is 2.37. The molecule has 1 fully saturated rings. The van der Waals surface area contributed by atoms with Gasteiger partial charge in [0.1, 0.15) is 7.85 Å². The molecule has 2 radical (unpaired) electrons. The zero-order chi connectivity index (χ0) is 19.0. The van der Waals surface area contributed by atoms with Gasteiger partial charge in [-0.3, -0.25) is 0 Å². The summed E-state index contributed by atoms with van der Waals surface area (Å²) in [6, 6.07) is -0.172. The maximum Gasteiger partial charge on any atom is 0.109 e. The summed E-state index contributed by atoms with van der Waals surface area (Å²) in [5.41, 5.74) is 0. The van der Waals surface area contributed by atoms with Crippen LogP contribution in [-0.2, 0) is 4.74 Å². The predicted molar refractivity (Wildman–Crippen MR) is 114 cm³/mol. The number of hydrogen-bond donors (Lipinski definition) is 1. The zero-order valence-electron chi connectivity index (χ0n) is 17.8. The first-order chi connectivity index (χ1) is 12.7. The molecular weight excluding hydrogens is 319 g/mol. The third-order valence-corrected chi connectivity index (χ3v) is 6.34.